The lowest BCUT2D eigenvalue weighted by Gasteiger charge is -2.31. The molecular formula is C14H24N2O4. The number of aliphatic hydroxyl groups is 1. The second-order valence-electron chi connectivity index (χ2n) is 6.22. The molecule has 6 nitrogen and oxygen atoms in total. The van der Waals surface area contributed by atoms with Gasteiger partial charge in [-0.25, -0.2) is 4.79 Å². The van der Waals surface area contributed by atoms with Gasteiger partial charge in [-0.3, -0.25) is 4.79 Å². The van der Waals surface area contributed by atoms with Crippen molar-refractivity contribution in [1.82, 2.24) is 10.2 Å². The van der Waals surface area contributed by atoms with E-state index in [1.54, 1.807) is 11.8 Å². The molecular weight excluding hydrogens is 260 g/mol. The Morgan fingerprint density at radius 2 is 2.05 bits per heavy atom. The van der Waals surface area contributed by atoms with Crippen LogP contribution in [0.5, 0.6) is 0 Å². The number of urea groups is 1. The molecule has 2 rings (SSSR count). The highest BCUT2D eigenvalue weighted by Crippen LogP contribution is 2.33. The Bertz CT molecular complexity index is 377. The van der Waals surface area contributed by atoms with E-state index < -0.39 is 17.6 Å². The summed E-state index contributed by atoms with van der Waals surface area (Å²) in [6.45, 7) is 2.92. The largest absolute Gasteiger partial charge is 0.481 e. The molecule has 1 saturated heterocycles. The van der Waals surface area contributed by atoms with E-state index in [-0.39, 0.29) is 18.4 Å². The molecule has 2 amide bonds. The minimum atomic E-state index is -0.865. The number of carboxylic acids is 1. The smallest absolute Gasteiger partial charge is 0.317 e. The van der Waals surface area contributed by atoms with Crippen LogP contribution < -0.4 is 5.32 Å². The van der Waals surface area contributed by atoms with Crippen LogP contribution in [-0.4, -0.2) is 51.8 Å². The van der Waals surface area contributed by atoms with Crippen LogP contribution in [0.15, 0.2) is 0 Å². The maximum Gasteiger partial charge on any atom is 0.317 e. The van der Waals surface area contributed by atoms with Crippen LogP contribution in [0, 0.1) is 5.92 Å². The van der Waals surface area contributed by atoms with E-state index in [4.69, 9.17) is 5.11 Å². The Balaban J connectivity index is 1.94. The molecule has 0 bridgehead atoms. The summed E-state index contributed by atoms with van der Waals surface area (Å²) in [6, 6.07) is -0.184. The average Bonchev–Trinajstić information content (AvgIpc) is 2.96. The van der Waals surface area contributed by atoms with Crippen molar-refractivity contribution in [2.75, 3.05) is 13.1 Å². The number of amides is 2. The second-order valence-corrected chi connectivity index (χ2v) is 6.22. The summed E-state index contributed by atoms with van der Waals surface area (Å²) in [6.07, 6.45) is 3.78. The first-order valence-corrected chi connectivity index (χ1v) is 7.39. The number of aliphatic carboxylic acids is 1. The fourth-order valence-electron chi connectivity index (χ4n) is 3.36. The van der Waals surface area contributed by atoms with Gasteiger partial charge in [0.2, 0.25) is 0 Å². The van der Waals surface area contributed by atoms with Gasteiger partial charge in [0.15, 0.2) is 0 Å². The standard InChI is InChI=1S/C14H24N2O4/c1-10(17)11-4-7-16(9-11)13(20)15-14(8-12(18)19)5-2-3-6-14/h10-11,17H,2-9H2,1H3,(H,15,20)(H,18,19). The summed E-state index contributed by atoms with van der Waals surface area (Å²) >= 11 is 0. The zero-order chi connectivity index (χ0) is 14.8. The van der Waals surface area contributed by atoms with Crippen LogP contribution >= 0.6 is 0 Å². The molecule has 0 aromatic rings. The van der Waals surface area contributed by atoms with Crippen molar-refractivity contribution >= 4 is 12.0 Å². The van der Waals surface area contributed by atoms with Gasteiger partial charge < -0.3 is 20.4 Å². The molecule has 0 spiro atoms. The molecule has 2 fully saturated rings. The van der Waals surface area contributed by atoms with E-state index in [1.807, 2.05) is 0 Å². The molecule has 2 atom stereocenters. The lowest BCUT2D eigenvalue weighted by Crippen LogP contribution is -2.52. The van der Waals surface area contributed by atoms with Crippen molar-refractivity contribution < 1.29 is 19.8 Å². The Kier molecular flexibility index (Phi) is 4.52. The molecule has 1 heterocycles. The number of carbonyl (C=O) groups is 2. The molecule has 114 valence electrons. The third kappa shape index (κ3) is 3.42. The van der Waals surface area contributed by atoms with E-state index in [0.29, 0.717) is 13.1 Å². The first-order valence-electron chi connectivity index (χ1n) is 7.39. The quantitative estimate of drug-likeness (QED) is 0.723. The molecule has 0 aromatic carbocycles. The minimum Gasteiger partial charge on any atom is -0.481 e. The number of carboxylic acid groups (broad SMARTS) is 1. The molecule has 20 heavy (non-hydrogen) atoms. The van der Waals surface area contributed by atoms with Gasteiger partial charge in [0.05, 0.1) is 18.1 Å². The van der Waals surface area contributed by atoms with Crippen molar-refractivity contribution in [1.29, 1.82) is 0 Å². The van der Waals surface area contributed by atoms with Gasteiger partial charge in [0.1, 0.15) is 0 Å². The van der Waals surface area contributed by atoms with Gasteiger partial charge in [-0.1, -0.05) is 12.8 Å². The number of aliphatic hydroxyl groups excluding tert-OH is 1. The number of nitrogens with zero attached hydrogens (tertiary/aromatic N) is 1. The van der Waals surface area contributed by atoms with Gasteiger partial charge in [0, 0.05) is 19.0 Å². The van der Waals surface area contributed by atoms with E-state index in [1.165, 1.54) is 0 Å². The molecule has 1 saturated carbocycles. The predicted octanol–water partition coefficient (Wildman–Crippen LogP) is 1.19. The van der Waals surface area contributed by atoms with Gasteiger partial charge in [0.25, 0.3) is 0 Å². The fraction of sp³-hybridized carbons (Fsp3) is 0.857. The minimum absolute atomic E-state index is 0.00753. The van der Waals surface area contributed by atoms with Crippen LogP contribution in [-0.2, 0) is 4.79 Å². The summed E-state index contributed by atoms with van der Waals surface area (Å²) in [5.41, 5.74) is -0.578. The first kappa shape index (κ1) is 15.1. The molecule has 3 N–H and O–H groups in total. The summed E-state index contributed by atoms with van der Waals surface area (Å²) in [5.74, 6) is -0.741. The number of hydrogen-bond donors (Lipinski definition) is 3. The average molecular weight is 284 g/mol. The van der Waals surface area contributed by atoms with Gasteiger partial charge >= 0.3 is 12.0 Å². The second kappa shape index (κ2) is 5.99. The van der Waals surface area contributed by atoms with Crippen LogP contribution in [0.1, 0.15) is 45.4 Å². The number of nitrogens with one attached hydrogen (secondary N) is 1. The third-order valence-corrected chi connectivity index (χ3v) is 4.62. The summed E-state index contributed by atoms with van der Waals surface area (Å²) in [7, 11) is 0. The third-order valence-electron chi connectivity index (χ3n) is 4.62. The highest BCUT2D eigenvalue weighted by atomic mass is 16.4. The van der Waals surface area contributed by atoms with Gasteiger partial charge in [-0.2, -0.15) is 0 Å². The zero-order valence-electron chi connectivity index (χ0n) is 12.0. The van der Waals surface area contributed by atoms with Crippen LogP contribution in [0.4, 0.5) is 4.79 Å². The Morgan fingerprint density at radius 3 is 2.55 bits per heavy atom. The Hall–Kier alpha value is -1.30. The van der Waals surface area contributed by atoms with Crippen molar-refractivity contribution in [2.24, 2.45) is 5.92 Å². The summed E-state index contributed by atoms with van der Waals surface area (Å²) in [5, 5.41) is 21.6. The molecule has 0 aromatic heterocycles. The lowest BCUT2D eigenvalue weighted by molar-refractivity contribution is -0.138. The van der Waals surface area contributed by atoms with E-state index in [9.17, 15) is 14.7 Å². The monoisotopic (exact) mass is 284 g/mol. The van der Waals surface area contributed by atoms with E-state index in [2.05, 4.69) is 5.32 Å². The highest BCUT2D eigenvalue weighted by molar-refractivity contribution is 5.77. The van der Waals surface area contributed by atoms with E-state index in [0.717, 1.165) is 32.1 Å². The highest BCUT2D eigenvalue weighted by Gasteiger charge is 2.39. The maximum absolute atomic E-state index is 12.3. The van der Waals surface area contributed by atoms with Crippen LogP contribution in [0.2, 0.25) is 0 Å². The molecule has 1 aliphatic carbocycles. The van der Waals surface area contributed by atoms with Crippen LogP contribution in [0.3, 0.4) is 0 Å². The SMILES string of the molecule is CC(O)C1CCN(C(=O)NC2(CC(=O)O)CCCC2)C1. The van der Waals surface area contributed by atoms with Crippen LogP contribution in [0.25, 0.3) is 0 Å². The normalized spacial score (nSPS) is 26.5. The summed E-state index contributed by atoms with van der Waals surface area (Å²) < 4.78 is 0. The number of carbonyl (C=O) groups excluding carboxylic acids is 1. The van der Waals surface area contributed by atoms with Crippen molar-refractivity contribution in [3.05, 3.63) is 0 Å². The zero-order valence-corrected chi connectivity index (χ0v) is 12.0. The fourth-order valence-corrected chi connectivity index (χ4v) is 3.36. The van der Waals surface area contributed by atoms with Crippen molar-refractivity contribution in [2.45, 2.75) is 57.1 Å². The van der Waals surface area contributed by atoms with Gasteiger partial charge in [-0.05, 0) is 26.2 Å². The lowest BCUT2D eigenvalue weighted by atomic mass is 9.93. The number of likely N-dealkylation sites (tertiary alicyclic amines) is 1. The topological polar surface area (TPSA) is 89.9 Å². The summed E-state index contributed by atoms with van der Waals surface area (Å²) in [4.78, 5) is 25.0. The van der Waals surface area contributed by atoms with Crippen molar-refractivity contribution in [3.8, 4) is 0 Å². The predicted molar refractivity (Wildman–Crippen MR) is 73.3 cm³/mol. The first-order chi connectivity index (χ1) is 9.42. The maximum atomic E-state index is 12.3. The van der Waals surface area contributed by atoms with Gasteiger partial charge in [-0.15, -0.1) is 0 Å². The molecule has 6 heteroatoms. The Labute approximate surface area is 119 Å². The Morgan fingerprint density at radius 1 is 1.40 bits per heavy atom. The number of hydrogen-bond acceptors (Lipinski definition) is 3. The molecule has 2 aliphatic rings. The molecule has 2 unspecified atom stereocenters. The molecule has 0 radical (unpaired) electrons. The number of rotatable bonds is 4. The molecule has 1 aliphatic heterocycles. The van der Waals surface area contributed by atoms with Crippen molar-refractivity contribution in [3.63, 3.8) is 0 Å². The van der Waals surface area contributed by atoms with E-state index >= 15 is 0 Å².